The number of esters is 2. The average Bonchev–Trinajstić information content (AvgIpc) is 2.66. The molecule has 0 radical (unpaired) electrons. The maximum atomic E-state index is 12.2. The molecule has 1 fully saturated rings. The highest BCUT2D eigenvalue weighted by Gasteiger charge is 2.50. The summed E-state index contributed by atoms with van der Waals surface area (Å²) < 4.78 is 9.64. The van der Waals surface area contributed by atoms with Crippen molar-refractivity contribution in [2.24, 2.45) is 5.41 Å². The van der Waals surface area contributed by atoms with Gasteiger partial charge in [-0.15, -0.1) is 0 Å². The van der Waals surface area contributed by atoms with Crippen LogP contribution in [0.25, 0.3) is 0 Å². The number of rotatable bonds is 1. The van der Waals surface area contributed by atoms with E-state index in [0.29, 0.717) is 6.42 Å². The largest absolute Gasteiger partial charge is 0.459 e. The van der Waals surface area contributed by atoms with Gasteiger partial charge in [-0.05, 0) is 33.6 Å². The molecule has 0 unspecified atom stereocenters. The SMILES string of the molecule is COC(=O)C#C[C@@]1(C(=O)OC(C)(C)C)CCCC1=O. The standard InChI is InChI=1S/C14H18O5/c1-13(2,3)19-12(17)14(8-5-6-10(14)15)9-7-11(16)18-4/h5-6,8H2,1-4H3/t14-/m0/s1. The van der Waals surface area contributed by atoms with Gasteiger partial charge in [-0.25, -0.2) is 9.59 Å². The summed E-state index contributed by atoms with van der Waals surface area (Å²) in [6.07, 6.45) is 1.12. The number of ether oxygens (including phenoxy) is 2. The first-order valence-electron chi connectivity index (χ1n) is 6.09. The Balaban J connectivity index is 3.07. The summed E-state index contributed by atoms with van der Waals surface area (Å²) in [5.74, 6) is 2.90. The molecule has 0 amide bonds. The highest BCUT2D eigenvalue weighted by atomic mass is 16.6. The highest BCUT2D eigenvalue weighted by Crippen LogP contribution is 2.36. The molecule has 0 aromatic heterocycles. The summed E-state index contributed by atoms with van der Waals surface area (Å²) >= 11 is 0. The summed E-state index contributed by atoms with van der Waals surface area (Å²) in [6, 6.07) is 0. The number of carbonyl (C=O) groups is 3. The molecule has 0 N–H and O–H groups in total. The van der Waals surface area contributed by atoms with Crippen LogP contribution in [0.5, 0.6) is 0 Å². The van der Waals surface area contributed by atoms with Crippen LogP contribution in [0.3, 0.4) is 0 Å². The molecule has 1 rings (SSSR count). The Hall–Kier alpha value is -1.83. The number of hydrogen-bond donors (Lipinski definition) is 0. The third kappa shape index (κ3) is 3.57. The van der Waals surface area contributed by atoms with E-state index in [-0.39, 0.29) is 18.6 Å². The second kappa shape index (κ2) is 5.43. The van der Waals surface area contributed by atoms with Crippen molar-refractivity contribution in [1.82, 2.24) is 0 Å². The smallest absolute Gasteiger partial charge is 0.384 e. The monoisotopic (exact) mass is 266 g/mol. The molecule has 0 aromatic carbocycles. The minimum Gasteiger partial charge on any atom is -0.459 e. The topological polar surface area (TPSA) is 69.7 Å². The number of hydrogen-bond acceptors (Lipinski definition) is 5. The first-order chi connectivity index (χ1) is 8.71. The molecule has 0 spiro atoms. The van der Waals surface area contributed by atoms with E-state index in [1.54, 1.807) is 20.8 Å². The van der Waals surface area contributed by atoms with E-state index in [9.17, 15) is 14.4 Å². The fourth-order valence-electron chi connectivity index (χ4n) is 1.84. The van der Waals surface area contributed by atoms with Crippen LogP contribution in [0.2, 0.25) is 0 Å². The molecule has 5 nitrogen and oxygen atoms in total. The molecule has 0 aromatic rings. The Bertz CT molecular complexity index is 460. The van der Waals surface area contributed by atoms with Crippen molar-refractivity contribution in [2.75, 3.05) is 7.11 Å². The van der Waals surface area contributed by atoms with Gasteiger partial charge in [0.15, 0.2) is 11.2 Å². The maximum Gasteiger partial charge on any atom is 0.384 e. The van der Waals surface area contributed by atoms with Crippen molar-refractivity contribution in [2.45, 2.75) is 45.6 Å². The van der Waals surface area contributed by atoms with Gasteiger partial charge in [0.2, 0.25) is 0 Å². The Morgan fingerprint density at radius 1 is 1.32 bits per heavy atom. The molecular formula is C14H18O5. The van der Waals surface area contributed by atoms with Crippen molar-refractivity contribution in [1.29, 1.82) is 0 Å². The summed E-state index contributed by atoms with van der Waals surface area (Å²) in [5.41, 5.74) is -2.22. The molecule has 0 saturated heterocycles. The van der Waals surface area contributed by atoms with Gasteiger partial charge in [-0.2, -0.15) is 0 Å². The first kappa shape index (κ1) is 15.2. The molecule has 1 saturated carbocycles. The lowest BCUT2D eigenvalue weighted by atomic mass is 9.85. The number of carbonyl (C=O) groups excluding carboxylic acids is 3. The maximum absolute atomic E-state index is 12.2. The Morgan fingerprint density at radius 2 is 1.95 bits per heavy atom. The number of Topliss-reactive ketones (excluding diaryl/α,β-unsaturated/α-hetero) is 1. The van der Waals surface area contributed by atoms with Crippen LogP contribution in [0.4, 0.5) is 0 Å². The fourth-order valence-corrected chi connectivity index (χ4v) is 1.84. The molecule has 19 heavy (non-hydrogen) atoms. The predicted molar refractivity (Wildman–Crippen MR) is 66.9 cm³/mol. The Morgan fingerprint density at radius 3 is 2.37 bits per heavy atom. The predicted octanol–water partition coefficient (Wildman–Crippen LogP) is 1.24. The van der Waals surface area contributed by atoms with Gasteiger partial charge in [0.1, 0.15) is 5.60 Å². The van der Waals surface area contributed by atoms with E-state index in [0.717, 1.165) is 0 Å². The van der Waals surface area contributed by atoms with Crippen molar-refractivity contribution in [3.63, 3.8) is 0 Å². The molecule has 0 bridgehead atoms. The van der Waals surface area contributed by atoms with Crippen LogP contribution in [0.1, 0.15) is 40.0 Å². The molecule has 1 atom stereocenters. The molecule has 1 aliphatic carbocycles. The quantitative estimate of drug-likeness (QED) is 0.309. The van der Waals surface area contributed by atoms with E-state index >= 15 is 0 Å². The van der Waals surface area contributed by atoms with E-state index < -0.39 is 23.0 Å². The molecular weight excluding hydrogens is 248 g/mol. The zero-order valence-corrected chi connectivity index (χ0v) is 11.7. The second-order valence-electron chi connectivity index (χ2n) is 5.43. The van der Waals surface area contributed by atoms with Crippen LogP contribution < -0.4 is 0 Å². The van der Waals surface area contributed by atoms with Gasteiger partial charge >= 0.3 is 11.9 Å². The summed E-state index contributed by atoms with van der Waals surface area (Å²) in [5, 5.41) is 0. The lowest BCUT2D eigenvalue weighted by molar-refractivity contribution is -0.165. The van der Waals surface area contributed by atoms with Gasteiger partial charge in [0, 0.05) is 12.3 Å². The molecule has 0 heterocycles. The minimum absolute atomic E-state index is 0.273. The van der Waals surface area contributed by atoms with Crippen LogP contribution in [-0.2, 0) is 23.9 Å². The Labute approximate surface area is 112 Å². The van der Waals surface area contributed by atoms with Gasteiger partial charge in [0.05, 0.1) is 7.11 Å². The van der Waals surface area contributed by atoms with Crippen LogP contribution in [0.15, 0.2) is 0 Å². The first-order valence-corrected chi connectivity index (χ1v) is 6.09. The second-order valence-corrected chi connectivity index (χ2v) is 5.43. The van der Waals surface area contributed by atoms with E-state index in [1.807, 2.05) is 0 Å². The van der Waals surface area contributed by atoms with Gasteiger partial charge < -0.3 is 9.47 Å². The van der Waals surface area contributed by atoms with Crippen LogP contribution in [0, 0.1) is 17.3 Å². The van der Waals surface area contributed by atoms with Gasteiger partial charge in [0.25, 0.3) is 0 Å². The number of methoxy groups -OCH3 is 1. The Kier molecular flexibility index (Phi) is 4.35. The van der Waals surface area contributed by atoms with Crippen molar-refractivity contribution >= 4 is 17.7 Å². The highest BCUT2D eigenvalue weighted by molar-refractivity contribution is 6.09. The summed E-state index contributed by atoms with van der Waals surface area (Å²) in [6.45, 7) is 5.14. The third-order valence-electron chi connectivity index (χ3n) is 2.74. The van der Waals surface area contributed by atoms with Gasteiger partial charge in [-0.1, -0.05) is 5.92 Å². The number of ketones is 1. The lowest BCUT2D eigenvalue weighted by Crippen LogP contribution is -2.39. The molecule has 5 heteroatoms. The molecule has 1 aliphatic rings. The van der Waals surface area contributed by atoms with E-state index in [4.69, 9.17) is 4.74 Å². The zero-order chi connectivity index (χ0) is 14.7. The normalized spacial score (nSPS) is 22.4. The van der Waals surface area contributed by atoms with Crippen LogP contribution >= 0.6 is 0 Å². The third-order valence-corrected chi connectivity index (χ3v) is 2.74. The zero-order valence-electron chi connectivity index (χ0n) is 11.7. The van der Waals surface area contributed by atoms with Crippen molar-refractivity contribution in [3.8, 4) is 11.8 Å². The summed E-state index contributed by atoms with van der Waals surface area (Å²) in [7, 11) is 1.19. The fraction of sp³-hybridized carbons (Fsp3) is 0.643. The summed E-state index contributed by atoms with van der Waals surface area (Å²) in [4.78, 5) is 35.2. The van der Waals surface area contributed by atoms with E-state index in [1.165, 1.54) is 7.11 Å². The van der Waals surface area contributed by atoms with Crippen molar-refractivity contribution in [3.05, 3.63) is 0 Å². The van der Waals surface area contributed by atoms with Crippen LogP contribution in [-0.4, -0.2) is 30.4 Å². The average molecular weight is 266 g/mol. The lowest BCUT2D eigenvalue weighted by Gasteiger charge is -2.26. The van der Waals surface area contributed by atoms with E-state index in [2.05, 4.69) is 16.6 Å². The van der Waals surface area contributed by atoms with Crippen molar-refractivity contribution < 1.29 is 23.9 Å². The minimum atomic E-state index is -1.51. The molecule has 104 valence electrons. The van der Waals surface area contributed by atoms with Gasteiger partial charge in [-0.3, -0.25) is 4.79 Å². The molecule has 0 aliphatic heterocycles.